The molecule has 0 amide bonds. The molecule has 1 aliphatic rings. The Labute approximate surface area is 191 Å². The van der Waals surface area contributed by atoms with Crippen molar-refractivity contribution < 1.29 is 19.0 Å². The van der Waals surface area contributed by atoms with Crippen LogP contribution in [0.15, 0.2) is 66.7 Å². The molecule has 0 bridgehead atoms. The van der Waals surface area contributed by atoms with Gasteiger partial charge in [-0.2, -0.15) is 0 Å². The number of rotatable bonds is 7. The summed E-state index contributed by atoms with van der Waals surface area (Å²) in [6, 6.07) is 19.0. The number of pyridine rings is 1. The molecule has 3 aromatic rings. The lowest BCUT2D eigenvalue weighted by atomic mass is 9.99. The van der Waals surface area contributed by atoms with Gasteiger partial charge >= 0.3 is 5.97 Å². The van der Waals surface area contributed by atoms with E-state index in [0.717, 1.165) is 37.2 Å². The molecule has 0 aliphatic carbocycles. The average molecular weight is 455 g/mol. The highest BCUT2D eigenvalue weighted by Gasteiger charge is 2.26. The average Bonchev–Trinajstić information content (AvgIpc) is 2.80. The number of benzene rings is 2. The van der Waals surface area contributed by atoms with Crippen LogP contribution in [0.25, 0.3) is 0 Å². The van der Waals surface area contributed by atoms with Crippen molar-refractivity contribution in [3.05, 3.63) is 100 Å². The quantitative estimate of drug-likeness (QED) is 0.522. The zero-order valence-corrected chi connectivity index (χ0v) is 18.2. The van der Waals surface area contributed by atoms with Crippen LogP contribution in [0.1, 0.15) is 46.3 Å². The molecule has 1 saturated heterocycles. The van der Waals surface area contributed by atoms with E-state index in [2.05, 4.69) is 9.88 Å². The number of aromatic carboxylic acids is 1. The summed E-state index contributed by atoms with van der Waals surface area (Å²) in [6.07, 6.45) is 1.04. The van der Waals surface area contributed by atoms with Gasteiger partial charge in [-0.15, -0.1) is 0 Å². The number of halogens is 2. The van der Waals surface area contributed by atoms with Gasteiger partial charge in [0.2, 0.25) is 0 Å². The van der Waals surface area contributed by atoms with Gasteiger partial charge in [-0.05, 0) is 48.7 Å². The molecule has 0 saturated carbocycles. The number of hydrogen-bond donors (Lipinski definition) is 1. The second-order valence-electron chi connectivity index (χ2n) is 7.88. The third kappa shape index (κ3) is 5.51. The third-order valence-corrected chi connectivity index (χ3v) is 5.89. The van der Waals surface area contributed by atoms with Gasteiger partial charge in [0.05, 0.1) is 11.8 Å². The molecule has 5 nitrogen and oxygen atoms in total. The number of carbonyl (C=O) groups is 1. The summed E-state index contributed by atoms with van der Waals surface area (Å²) in [5.74, 6) is -1.32. The number of nitrogens with zero attached hydrogens (tertiary/aromatic N) is 2. The van der Waals surface area contributed by atoms with Gasteiger partial charge in [0.1, 0.15) is 17.6 Å². The van der Waals surface area contributed by atoms with Crippen molar-refractivity contribution in [3.8, 4) is 0 Å². The number of piperidine rings is 1. The zero-order chi connectivity index (χ0) is 22.5. The molecule has 2 aromatic carbocycles. The predicted molar refractivity (Wildman–Crippen MR) is 120 cm³/mol. The van der Waals surface area contributed by atoms with Crippen molar-refractivity contribution in [2.75, 3.05) is 13.1 Å². The van der Waals surface area contributed by atoms with E-state index >= 15 is 0 Å². The van der Waals surface area contributed by atoms with E-state index < -0.39 is 12.1 Å². The lowest BCUT2D eigenvalue weighted by Crippen LogP contribution is -2.37. The second kappa shape index (κ2) is 10.2. The Morgan fingerprint density at radius 3 is 2.50 bits per heavy atom. The molecule has 2 heterocycles. The van der Waals surface area contributed by atoms with Crippen LogP contribution in [-0.2, 0) is 11.3 Å². The van der Waals surface area contributed by atoms with E-state index in [9.17, 15) is 9.18 Å². The Morgan fingerprint density at radius 1 is 1.09 bits per heavy atom. The van der Waals surface area contributed by atoms with Crippen LogP contribution in [0.3, 0.4) is 0 Å². The maximum atomic E-state index is 14.6. The topological polar surface area (TPSA) is 62.7 Å². The summed E-state index contributed by atoms with van der Waals surface area (Å²) < 4.78 is 21.0. The second-order valence-corrected chi connectivity index (χ2v) is 8.32. The Balaban J connectivity index is 1.42. The monoisotopic (exact) mass is 454 g/mol. The lowest BCUT2D eigenvalue weighted by molar-refractivity contribution is -0.0294. The summed E-state index contributed by atoms with van der Waals surface area (Å²) in [4.78, 5) is 17.6. The number of hydrogen-bond acceptors (Lipinski definition) is 4. The molecule has 1 fully saturated rings. The number of carboxylic acids is 1. The summed E-state index contributed by atoms with van der Waals surface area (Å²) in [7, 11) is 0. The Morgan fingerprint density at radius 2 is 1.81 bits per heavy atom. The summed E-state index contributed by atoms with van der Waals surface area (Å²) in [5.41, 5.74) is 2.15. The highest BCUT2D eigenvalue weighted by molar-refractivity contribution is 6.30. The first-order valence-electron chi connectivity index (χ1n) is 10.6. The predicted octanol–water partition coefficient (Wildman–Crippen LogP) is 5.34. The molecule has 1 N–H and O–H groups in total. The SMILES string of the molecule is O=C(O)c1cccc(CN2CCC(OC(c3ccc(Cl)cc3)c3ccccc3F)CC2)n1. The molecule has 4 rings (SSSR count). The van der Waals surface area contributed by atoms with Crippen LogP contribution >= 0.6 is 11.6 Å². The molecular formula is C25H24ClFN2O3. The fourth-order valence-electron chi connectivity index (χ4n) is 3.97. The van der Waals surface area contributed by atoms with Gasteiger partial charge in [-0.1, -0.05) is 48.0 Å². The first-order chi connectivity index (χ1) is 15.5. The molecule has 1 unspecified atom stereocenters. The maximum Gasteiger partial charge on any atom is 0.354 e. The molecule has 0 spiro atoms. The van der Waals surface area contributed by atoms with E-state index in [1.165, 1.54) is 12.1 Å². The minimum absolute atomic E-state index is 0.0233. The number of aromatic nitrogens is 1. The van der Waals surface area contributed by atoms with E-state index in [1.807, 2.05) is 24.3 Å². The normalized spacial score (nSPS) is 16.1. The van der Waals surface area contributed by atoms with Gasteiger partial charge in [-0.3, -0.25) is 4.90 Å². The van der Waals surface area contributed by atoms with Crippen molar-refractivity contribution in [2.24, 2.45) is 0 Å². The molecule has 1 atom stereocenters. The van der Waals surface area contributed by atoms with Crippen molar-refractivity contribution in [1.82, 2.24) is 9.88 Å². The molecule has 32 heavy (non-hydrogen) atoms. The van der Waals surface area contributed by atoms with E-state index in [1.54, 1.807) is 30.3 Å². The summed E-state index contributed by atoms with van der Waals surface area (Å²) >= 11 is 6.04. The van der Waals surface area contributed by atoms with E-state index in [-0.39, 0.29) is 17.6 Å². The van der Waals surface area contributed by atoms with Gasteiger partial charge in [0.25, 0.3) is 0 Å². The molecule has 1 aliphatic heterocycles. The molecular weight excluding hydrogens is 431 g/mol. The van der Waals surface area contributed by atoms with Crippen molar-refractivity contribution in [3.63, 3.8) is 0 Å². The molecule has 0 radical (unpaired) electrons. The lowest BCUT2D eigenvalue weighted by Gasteiger charge is -2.34. The Kier molecular flexibility index (Phi) is 7.15. The zero-order valence-electron chi connectivity index (χ0n) is 17.5. The van der Waals surface area contributed by atoms with Gasteiger partial charge in [0, 0.05) is 30.2 Å². The van der Waals surface area contributed by atoms with E-state index in [4.69, 9.17) is 21.4 Å². The van der Waals surface area contributed by atoms with E-state index in [0.29, 0.717) is 17.1 Å². The first-order valence-corrected chi connectivity index (χ1v) is 10.9. The Hall–Kier alpha value is -2.80. The Bertz CT molecular complexity index is 1070. The first kappa shape index (κ1) is 22.4. The van der Waals surface area contributed by atoms with Gasteiger partial charge < -0.3 is 9.84 Å². The smallest absolute Gasteiger partial charge is 0.354 e. The maximum absolute atomic E-state index is 14.6. The number of carboxylic acid groups (broad SMARTS) is 1. The molecule has 166 valence electrons. The fraction of sp³-hybridized carbons (Fsp3) is 0.280. The third-order valence-electron chi connectivity index (χ3n) is 5.64. The summed E-state index contributed by atoms with van der Waals surface area (Å²) in [6.45, 7) is 2.16. The van der Waals surface area contributed by atoms with Gasteiger partial charge in [0.15, 0.2) is 0 Å². The minimum atomic E-state index is -1.03. The van der Waals surface area contributed by atoms with Crippen molar-refractivity contribution in [1.29, 1.82) is 0 Å². The highest BCUT2D eigenvalue weighted by atomic mass is 35.5. The van der Waals surface area contributed by atoms with Crippen molar-refractivity contribution in [2.45, 2.75) is 31.6 Å². The van der Waals surface area contributed by atoms with Crippen LogP contribution in [-0.4, -0.2) is 40.2 Å². The number of likely N-dealkylation sites (tertiary alicyclic amines) is 1. The van der Waals surface area contributed by atoms with Crippen LogP contribution in [0.2, 0.25) is 5.02 Å². The van der Waals surface area contributed by atoms with Crippen LogP contribution < -0.4 is 0 Å². The van der Waals surface area contributed by atoms with Crippen LogP contribution in [0, 0.1) is 5.82 Å². The van der Waals surface area contributed by atoms with Crippen molar-refractivity contribution >= 4 is 17.6 Å². The fourth-order valence-corrected chi connectivity index (χ4v) is 4.09. The standard InChI is InChI=1S/C25H24ClFN2O3/c26-18-10-8-17(9-11-18)24(21-5-1-2-6-22(21)27)32-20-12-14-29(15-13-20)16-19-4-3-7-23(28-19)25(30)31/h1-11,20,24H,12-16H2,(H,30,31). The van der Waals surface area contributed by atoms with Crippen LogP contribution in [0.5, 0.6) is 0 Å². The largest absolute Gasteiger partial charge is 0.477 e. The highest BCUT2D eigenvalue weighted by Crippen LogP contribution is 2.32. The number of ether oxygens (including phenoxy) is 1. The van der Waals surface area contributed by atoms with Crippen LogP contribution in [0.4, 0.5) is 4.39 Å². The summed E-state index contributed by atoms with van der Waals surface area (Å²) in [5, 5.41) is 9.75. The van der Waals surface area contributed by atoms with Gasteiger partial charge in [-0.25, -0.2) is 14.2 Å². The molecule has 1 aromatic heterocycles. The minimum Gasteiger partial charge on any atom is -0.477 e. The molecule has 7 heteroatoms.